The van der Waals surface area contributed by atoms with E-state index in [-0.39, 0.29) is 16.7 Å². The van der Waals surface area contributed by atoms with Gasteiger partial charge in [-0.3, -0.25) is 9.59 Å². The van der Waals surface area contributed by atoms with E-state index >= 15 is 0 Å². The van der Waals surface area contributed by atoms with Gasteiger partial charge in [-0.1, -0.05) is 69.5 Å². The number of hydrogen-bond acceptors (Lipinski definition) is 5. The normalized spacial score (nSPS) is 14.7. The quantitative estimate of drug-likeness (QED) is 0.398. The van der Waals surface area contributed by atoms with Gasteiger partial charge >= 0.3 is 12.0 Å². The van der Waals surface area contributed by atoms with Crippen LogP contribution in [0.5, 0.6) is 0 Å². The maximum absolute atomic E-state index is 12.1. The molecule has 0 radical (unpaired) electrons. The molecule has 1 saturated carbocycles. The van der Waals surface area contributed by atoms with E-state index in [0.29, 0.717) is 11.5 Å². The molecule has 1 atom stereocenters. The van der Waals surface area contributed by atoms with Crippen LogP contribution in [-0.2, 0) is 21.2 Å². The van der Waals surface area contributed by atoms with Crippen molar-refractivity contribution < 1.29 is 27.9 Å². The first-order valence-electron chi connectivity index (χ1n) is 12.6. The van der Waals surface area contributed by atoms with Crippen LogP contribution in [0.4, 0.5) is 4.79 Å². The van der Waals surface area contributed by atoms with Crippen molar-refractivity contribution >= 4 is 27.8 Å². The molecule has 37 heavy (non-hydrogen) atoms. The Labute approximate surface area is 219 Å². The molecule has 0 aromatic heterocycles. The second-order valence-electron chi connectivity index (χ2n) is 9.89. The van der Waals surface area contributed by atoms with Gasteiger partial charge in [0.1, 0.15) is 0 Å². The number of carbonyl (C=O) groups excluding carboxylic acids is 2. The van der Waals surface area contributed by atoms with E-state index < -0.39 is 27.9 Å². The molecule has 1 aliphatic rings. The second-order valence-corrected chi connectivity index (χ2v) is 11.6. The lowest BCUT2D eigenvalue weighted by atomic mass is 9.96. The first-order chi connectivity index (χ1) is 17.4. The van der Waals surface area contributed by atoms with Crippen LogP contribution in [-0.4, -0.2) is 37.3 Å². The number of Topliss-reactive ketones (excluding diaryl/α,β-unsaturated/α-hetero) is 1. The van der Waals surface area contributed by atoms with Crippen LogP contribution in [0.25, 0.3) is 0 Å². The summed E-state index contributed by atoms with van der Waals surface area (Å²) in [6.45, 7) is 7.46. The summed E-state index contributed by atoms with van der Waals surface area (Å²) in [7, 11) is -3.93. The van der Waals surface area contributed by atoms with Crippen LogP contribution < -0.4 is 10.0 Å². The van der Waals surface area contributed by atoms with Gasteiger partial charge in [0.2, 0.25) is 0 Å². The van der Waals surface area contributed by atoms with Crippen LogP contribution in [0.1, 0.15) is 87.2 Å². The van der Waals surface area contributed by atoms with Crippen molar-refractivity contribution in [2.45, 2.75) is 83.1 Å². The van der Waals surface area contributed by atoms with Gasteiger partial charge in [-0.25, -0.2) is 17.9 Å². The number of carboxylic acids is 1. The molecule has 1 fully saturated rings. The smallest absolute Gasteiger partial charge is 0.328 e. The monoisotopic (exact) mass is 530 g/mol. The lowest BCUT2D eigenvalue weighted by Gasteiger charge is -2.22. The predicted octanol–water partition coefficient (Wildman–Crippen LogP) is 5.28. The number of aliphatic carboxylic acids is 1. The van der Waals surface area contributed by atoms with Crippen molar-refractivity contribution in [3.8, 4) is 0 Å². The third kappa shape index (κ3) is 9.99. The number of ketones is 1. The Bertz CT molecular complexity index is 1150. The molecule has 202 valence electrons. The Balaban J connectivity index is 0.000000281. The number of nitrogens with one attached hydrogen (secondary N) is 2. The van der Waals surface area contributed by atoms with Gasteiger partial charge in [0.25, 0.3) is 10.0 Å². The zero-order chi connectivity index (χ0) is 27.6. The molecule has 2 amide bonds. The van der Waals surface area contributed by atoms with Crippen molar-refractivity contribution in [1.29, 1.82) is 0 Å². The molecule has 2 aromatic rings. The van der Waals surface area contributed by atoms with Gasteiger partial charge in [-0.05, 0) is 62.3 Å². The standard InChI is InChI=1S/C15H20N2O4S.C13H18O2/c1-11(18)12-7-9-14(10-8-12)22(20,21)17-15(19)16-13-5-3-2-4-6-13;1-9(2)8-11-4-6-12(7-5-11)10(3)13(14)15/h7-10,13H,2-6H2,1H3,(H2,16,17,19);4-7,9-10H,8H2,1-3H3,(H,14,15). The number of sulfonamides is 1. The van der Waals surface area contributed by atoms with Crippen molar-refractivity contribution in [3.05, 3.63) is 65.2 Å². The number of rotatable bonds is 8. The minimum Gasteiger partial charge on any atom is -0.481 e. The van der Waals surface area contributed by atoms with Gasteiger partial charge < -0.3 is 10.4 Å². The van der Waals surface area contributed by atoms with Gasteiger partial charge in [-0.15, -0.1) is 0 Å². The zero-order valence-corrected chi connectivity index (χ0v) is 22.8. The maximum Gasteiger partial charge on any atom is 0.328 e. The summed E-state index contributed by atoms with van der Waals surface area (Å²) in [5.41, 5.74) is 2.56. The molecule has 1 aliphatic carbocycles. The maximum atomic E-state index is 12.1. The van der Waals surface area contributed by atoms with Gasteiger partial charge in [0.05, 0.1) is 10.8 Å². The highest BCUT2D eigenvalue weighted by molar-refractivity contribution is 7.90. The summed E-state index contributed by atoms with van der Waals surface area (Å²) < 4.78 is 26.2. The SMILES string of the molecule is CC(=O)c1ccc(S(=O)(=O)NC(=O)NC2CCCCC2)cc1.CC(C)Cc1ccc(C(C)C(=O)O)cc1. The summed E-state index contributed by atoms with van der Waals surface area (Å²) in [5, 5.41) is 11.5. The lowest BCUT2D eigenvalue weighted by molar-refractivity contribution is -0.138. The molecule has 8 nitrogen and oxygen atoms in total. The molecule has 0 heterocycles. The number of carboxylic acid groups (broad SMARTS) is 1. The number of hydrogen-bond donors (Lipinski definition) is 3. The summed E-state index contributed by atoms with van der Waals surface area (Å²) in [5.74, 6) is -0.704. The molecule has 2 aromatic carbocycles. The second kappa shape index (κ2) is 13.9. The molecular weight excluding hydrogens is 492 g/mol. The summed E-state index contributed by atoms with van der Waals surface area (Å²) in [6, 6.07) is 12.7. The van der Waals surface area contributed by atoms with Crippen molar-refractivity contribution in [2.24, 2.45) is 5.92 Å². The molecular formula is C28H38N2O6S. The lowest BCUT2D eigenvalue weighted by Crippen LogP contribution is -2.45. The van der Waals surface area contributed by atoms with E-state index in [4.69, 9.17) is 5.11 Å². The zero-order valence-electron chi connectivity index (χ0n) is 22.0. The fraction of sp³-hybridized carbons (Fsp3) is 0.464. The topological polar surface area (TPSA) is 130 Å². The van der Waals surface area contributed by atoms with E-state index in [2.05, 4.69) is 19.2 Å². The number of carbonyl (C=O) groups is 3. The van der Waals surface area contributed by atoms with E-state index in [9.17, 15) is 22.8 Å². The Morgan fingerprint density at radius 3 is 1.97 bits per heavy atom. The minimum absolute atomic E-state index is 0.0315. The number of benzene rings is 2. The first kappa shape index (κ1) is 30.0. The number of amides is 2. The van der Waals surface area contributed by atoms with Gasteiger partial charge in [0.15, 0.2) is 5.78 Å². The minimum atomic E-state index is -3.93. The molecule has 3 rings (SSSR count). The molecule has 1 unspecified atom stereocenters. The molecule has 0 bridgehead atoms. The fourth-order valence-corrected chi connectivity index (χ4v) is 4.98. The Kier molecular flexibility index (Phi) is 11.3. The van der Waals surface area contributed by atoms with E-state index in [1.807, 2.05) is 29.0 Å². The molecule has 9 heteroatoms. The fourth-order valence-electron chi connectivity index (χ4n) is 4.07. The van der Waals surface area contributed by atoms with Crippen molar-refractivity contribution in [3.63, 3.8) is 0 Å². The highest BCUT2D eigenvalue weighted by atomic mass is 32.2. The Hall–Kier alpha value is -3.20. The summed E-state index contributed by atoms with van der Waals surface area (Å²) in [4.78, 5) is 33.7. The molecule has 3 N–H and O–H groups in total. The summed E-state index contributed by atoms with van der Waals surface area (Å²) >= 11 is 0. The highest BCUT2D eigenvalue weighted by Crippen LogP contribution is 2.18. The van der Waals surface area contributed by atoms with Crippen LogP contribution in [0.2, 0.25) is 0 Å². The molecule has 0 spiro atoms. The van der Waals surface area contributed by atoms with Crippen LogP contribution in [0.3, 0.4) is 0 Å². The van der Waals surface area contributed by atoms with E-state index in [1.165, 1.54) is 36.8 Å². The van der Waals surface area contributed by atoms with Crippen molar-refractivity contribution in [2.75, 3.05) is 0 Å². The Morgan fingerprint density at radius 1 is 0.919 bits per heavy atom. The molecule has 0 aliphatic heterocycles. The first-order valence-corrected chi connectivity index (χ1v) is 14.1. The largest absolute Gasteiger partial charge is 0.481 e. The van der Waals surface area contributed by atoms with Gasteiger partial charge in [0, 0.05) is 11.6 Å². The summed E-state index contributed by atoms with van der Waals surface area (Å²) in [6.07, 6.45) is 6.04. The molecule has 0 saturated heterocycles. The van der Waals surface area contributed by atoms with E-state index in [0.717, 1.165) is 44.1 Å². The van der Waals surface area contributed by atoms with Crippen LogP contribution >= 0.6 is 0 Å². The average molecular weight is 531 g/mol. The van der Waals surface area contributed by atoms with E-state index in [1.54, 1.807) is 6.92 Å². The Morgan fingerprint density at radius 2 is 1.49 bits per heavy atom. The third-order valence-corrected chi connectivity index (χ3v) is 7.58. The van der Waals surface area contributed by atoms with Gasteiger partial charge in [-0.2, -0.15) is 0 Å². The highest BCUT2D eigenvalue weighted by Gasteiger charge is 2.21. The third-order valence-electron chi connectivity index (χ3n) is 6.23. The van der Waals surface area contributed by atoms with Crippen molar-refractivity contribution in [1.82, 2.24) is 10.0 Å². The predicted molar refractivity (Wildman–Crippen MR) is 143 cm³/mol. The number of urea groups is 1. The van der Waals surface area contributed by atoms with Crippen LogP contribution in [0, 0.1) is 5.92 Å². The average Bonchev–Trinajstić information content (AvgIpc) is 2.84. The van der Waals surface area contributed by atoms with Crippen LogP contribution in [0.15, 0.2) is 53.4 Å².